The fraction of sp³-hybridized carbons (Fsp3) is 0.647. The van der Waals surface area contributed by atoms with Crippen LogP contribution in [0.5, 0.6) is 0 Å². The van der Waals surface area contributed by atoms with Gasteiger partial charge in [0.25, 0.3) is 0 Å². The van der Waals surface area contributed by atoms with E-state index in [-0.39, 0.29) is 11.8 Å². The van der Waals surface area contributed by atoms with Gasteiger partial charge < -0.3 is 9.64 Å². The standard InChI is InChI=1S/C17H29NO/c1-8-13(3)10-11-16(14(4)9-2)18-12-15(5)19-17(18,6)7/h8,10-11,15H,9,12H2,1-7H3/b11-10-,13-8-,16-14?. The van der Waals surface area contributed by atoms with E-state index in [1.54, 1.807) is 0 Å². The molecule has 19 heavy (non-hydrogen) atoms. The van der Waals surface area contributed by atoms with E-state index in [4.69, 9.17) is 4.74 Å². The summed E-state index contributed by atoms with van der Waals surface area (Å²) in [5.41, 5.74) is 3.77. The molecule has 0 N–H and O–H groups in total. The molecule has 0 aromatic rings. The summed E-state index contributed by atoms with van der Waals surface area (Å²) in [7, 11) is 0. The van der Waals surface area contributed by atoms with Crippen LogP contribution in [0, 0.1) is 0 Å². The van der Waals surface area contributed by atoms with Crippen LogP contribution in [0.4, 0.5) is 0 Å². The molecule has 0 aromatic carbocycles. The van der Waals surface area contributed by atoms with Crippen molar-refractivity contribution in [3.8, 4) is 0 Å². The van der Waals surface area contributed by atoms with Gasteiger partial charge in [0.15, 0.2) is 0 Å². The summed E-state index contributed by atoms with van der Waals surface area (Å²) >= 11 is 0. The second-order valence-corrected chi connectivity index (χ2v) is 5.87. The lowest BCUT2D eigenvalue weighted by atomic mass is 10.1. The summed E-state index contributed by atoms with van der Waals surface area (Å²) in [5.74, 6) is 0. The minimum Gasteiger partial charge on any atom is -0.351 e. The molecule has 0 spiro atoms. The van der Waals surface area contributed by atoms with Gasteiger partial charge in [-0.1, -0.05) is 30.2 Å². The van der Waals surface area contributed by atoms with Crippen LogP contribution < -0.4 is 0 Å². The maximum atomic E-state index is 6.01. The van der Waals surface area contributed by atoms with Gasteiger partial charge in [0.1, 0.15) is 5.72 Å². The van der Waals surface area contributed by atoms with Gasteiger partial charge in [0.05, 0.1) is 6.10 Å². The summed E-state index contributed by atoms with van der Waals surface area (Å²) in [4.78, 5) is 2.38. The number of nitrogens with zero attached hydrogens (tertiary/aromatic N) is 1. The summed E-state index contributed by atoms with van der Waals surface area (Å²) in [6, 6.07) is 0. The Morgan fingerprint density at radius 3 is 2.37 bits per heavy atom. The van der Waals surface area contributed by atoms with Crippen LogP contribution in [0.25, 0.3) is 0 Å². The van der Waals surface area contributed by atoms with Gasteiger partial charge in [-0.25, -0.2) is 0 Å². The smallest absolute Gasteiger partial charge is 0.135 e. The molecule has 108 valence electrons. The predicted octanol–water partition coefficient (Wildman–Crippen LogP) is 4.65. The van der Waals surface area contributed by atoms with Crippen molar-refractivity contribution in [2.75, 3.05) is 6.54 Å². The van der Waals surface area contributed by atoms with E-state index in [0.29, 0.717) is 0 Å². The lowest BCUT2D eigenvalue weighted by Gasteiger charge is -2.34. The molecule has 1 fully saturated rings. The molecule has 0 radical (unpaired) electrons. The van der Waals surface area contributed by atoms with Gasteiger partial charge >= 0.3 is 0 Å². The first kappa shape index (κ1) is 16.0. The highest BCUT2D eigenvalue weighted by Gasteiger charge is 2.38. The SMILES string of the molecule is C/C=C(C)\C=C/C(=C(C)CC)N1CC(C)OC1(C)C. The van der Waals surface area contributed by atoms with Gasteiger partial charge in [-0.2, -0.15) is 0 Å². The third-order valence-electron chi connectivity index (χ3n) is 3.80. The Kier molecular flexibility index (Phi) is 5.42. The minimum absolute atomic E-state index is 0.223. The number of ether oxygens (including phenoxy) is 1. The zero-order chi connectivity index (χ0) is 14.6. The monoisotopic (exact) mass is 263 g/mol. The van der Waals surface area contributed by atoms with Crippen molar-refractivity contribution in [1.82, 2.24) is 4.90 Å². The largest absolute Gasteiger partial charge is 0.351 e. The molecule has 1 atom stereocenters. The van der Waals surface area contributed by atoms with Crippen molar-refractivity contribution in [1.29, 1.82) is 0 Å². The number of rotatable bonds is 4. The molecule has 0 saturated carbocycles. The molecule has 0 aromatic heterocycles. The summed E-state index contributed by atoms with van der Waals surface area (Å²) in [5, 5.41) is 0. The highest BCUT2D eigenvalue weighted by molar-refractivity contribution is 5.30. The minimum atomic E-state index is -0.223. The molecule has 1 saturated heterocycles. The van der Waals surface area contributed by atoms with Crippen LogP contribution in [0.1, 0.15) is 54.9 Å². The average molecular weight is 263 g/mol. The third kappa shape index (κ3) is 3.97. The molecule has 1 heterocycles. The maximum absolute atomic E-state index is 6.01. The van der Waals surface area contributed by atoms with Crippen LogP contribution in [0.15, 0.2) is 35.1 Å². The Hall–Kier alpha value is -1.02. The molecule has 1 unspecified atom stereocenters. The Bertz CT molecular complexity index is 401. The van der Waals surface area contributed by atoms with Crippen LogP contribution >= 0.6 is 0 Å². The van der Waals surface area contributed by atoms with Crippen molar-refractivity contribution < 1.29 is 4.74 Å². The van der Waals surface area contributed by atoms with Crippen molar-refractivity contribution in [3.63, 3.8) is 0 Å². The van der Waals surface area contributed by atoms with E-state index in [9.17, 15) is 0 Å². The van der Waals surface area contributed by atoms with Crippen molar-refractivity contribution in [2.45, 2.75) is 66.7 Å². The predicted molar refractivity (Wildman–Crippen MR) is 82.9 cm³/mol. The lowest BCUT2D eigenvalue weighted by molar-refractivity contribution is -0.0584. The van der Waals surface area contributed by atoms with Gasteiger partial charge in [0.2, 0.25) is 0 Å². The lowest BCUT2D eigenvalue weighted by Crippen LogP contribution is -2.38. The van der Waals surface area contributed by atoms with Gasteiger partial charge in [-0.3, -0.25) is 0 Å². The Morgan fingerprint density at radius 2 is 1.95 bits per heavy atom. The number of hydrogen-bond donors (Lipinski definition) is 0. The highest BCUT2D eigenvalue weighted by Crippen LogP contribution is 2.32. The second-order valence-electron chi connectivity index (χ2n) is 5.87. The van der Waals surface area contributed by atoms with Gasteiger partial charge in [-0.05, 0) is 54.0 Å². The van der Waals surface area contributed by atoms with Crippen LogP contribution in [0.3, 0.4) is 0 Å². The summed E-state index contributed by atoms with van der Waals surface area (Å²) < 4.78 is 6.01. The molecule has 0 aliphatic carbocycles. The van der Waals surface area contributed by atoms with Gasteiger partial charge in [0, 0.05) is 12.2 Å². The topological polar surface area (TPSA) is 12.5 Å². The first-order valence-corrected chi connectivity index (χ1v) is 7.28. The number of allylic oxidation sites excluding steroid dienone is 5. The zero-order valence-electron chi connectivity index (χ0n) is 13.6. The Labute approximate surface area is 118 Å². The van der Waals surface area contributed by atoms with Crippen molar-refractivity contribution >= 4 is 0 Å². The summed E-state index contributed by atoms with van der Waals surface area (Å²) in [6.07, 6.45) is 7.90. The van der Waals surface area contributed by atoms with E-state index in [1.807, 2.05) is 0 Å². The first-order chi connectivity index (χ1) is 8.81. The molecule has 1 rings (SSSR count). The van der Waals surface area contributed by atoms with Crippen molar-refractivity contribution in [2.24, 2.45) is 0 Å². The quantitative estimate of drug-likeness (QED) is 0.685. The normalized spacial score (nSPS) is 25.1. The molecular weight excluding hydrogens is 234 g/mol. The zero-order valence-corrected chi connectivity index (χ0v) is 13.6. The molecule has 2 nitrogen and oxygen atoms in total. The summed E-state index contributed by atoms with van der Waals surface area (Å²) in [6.45, 7) is 16.0. The van der Waals surface area contributed by atoms with E-state index < -0.39 is 0 Å². The second kappa shape index (κ2) is 6.42. The van der Waals surface area contributed by atoms with E-state index in [0.717, 1.165) is 13.0 Å². The Balaban J connectivity index is 3.10. The fourth-order valence-corrected chi connectivity index (χ4v) is 2.41. The first-order valence-electron chi connectivity index (χ1n) is 7.28. The average Bonchev–Trinajstić information content (AvgIpc) is 2.62. The van der Waals surface area contributed by atoms with E-state index in [1.165, 1.54) is 16.8 Å². The van der Waals surface area contributed by atoms with Crippen molar-refractivity contribution in [3.05, 3.63) is 35.1 Å². The van der Waals surface area contributed by atoms with Crippen LogP contribution in [-0.4, -0.2) is 23.3 Å². The molecule has 1 aliphatic heterocycles. The third-order valence-corrected chi connectivity index (χ3v) is 3.80. The molecule has 2 heteroatoms. The number of hydrogen-bond acceptors (Lipinski definition) is 2. The fourth-order valence-electron chi connectivity index (χ4n) is 2.41. The highest BCUT2D eigenvalue weighted by atomic mass is 16.5. The maximum Gasteiger partial charge on any atom is 0.135 e. The van der Waals surface area contributed by atoms with Crippen LogP contribution in [0.2, 0.25) is 0 Å². The van der Waals surface area contributed by atoms with Gasteiger partial charge in [-0.15, -0.1) is 0 Å². The van der Waals surface area contributed by atoms with Crippen LogP contribution in [-0.2, 0) is 4.74 Å². The van der Waals surface area contributed by atoms with E-state index >= 15 is 0 Å². The Morgan fingerprint density at radius 1 is 1.32 bits per heavy atom. The van der Waals surface area contributed by atoms with E-state index in [2.05, 4.69) is 71.6 Å². The molecular formula is C17H29NO. The molecule has 0 amide bonds. The molecule has 1 aliphatic rings. The molecule has 0 bridgehead atoms.